The molecule has 0 amide bonds. The van der Waals surface area contributed by atoms with Crippen LogP contribution in [0, 0.1) is 0 Å². The van der Waals surface area contributed by atoms with Gasteiger partial charge in [0, 0.05) is 38.4 Å². The summed E-state index contributed by atoms with van der Waals surface area (Å²) in [5.41, 5.74) is 2.01. The molecule has 0 aliphatic carbocycles. The first-order valence-electron chi connectivity index (χ1n) is 8.05. The highest BCUT2D eigenvalue weighted by atomic mass is 32.1. The summed E-state index contributed by atoms with van der Waals surface area (Å²) < 4.78 is 16.0. The number of ether oxygens (including phenoxy) is 2. The second-order valence-corrected chi connectivity index (χ2v) is 6.79. The summed E-state index contributed by atoms with van der Waals surface area (Å²) in [4.78, 5) is 14.1. The van der Waals surface area contributed by atoms with Gasteiger partial charge in [-0.2, -0.15) is 0 Å². The molecule has 2 aromatic carbocycles. The van der Waals surface area contributed by atoms with Gasteiger partial charge in [-0.05, 0) is 36.4 Å². The quantitative estimate of drug-likeness (QED) is 0.467. The highest BCUT2D eigenvalue weighted by molar-refractivity contribution is 7.19. The molecule has 4 rings (SSSR count). The van der Waals surface area contributed by atoms with Crippen LogP contribution in [0.2, 0.25) is 0 Å². The second-order valence-electron chi connectivity index (χ2n) is 5.71. The predicted molar refractivity (Wildman–Crippen MR) is 104 cm³/mol. The van der Waals surface area contributed by atoms with Gasteiger partial charge in [0.15, 0.2) is 0 Å². The van der Waals surface area contributed by atoms with E-state index in [0.29, 0.717) is 11.3 Å². The predicted octanol–water partition coefficient (Wildman–Crippen LogP) is 5.21. The SMILES string of the molecule is COc1ccc2c(-c3ccc(-c4ccccc4OC)s3)cc(=O)oc2c1. The number of hydrogen-bond donors (Lipinski definition) is 0. The molecule has 0 N–H and O–H groups in total. The van der Waals surface area contributed by atoms with E-state index >= 15 is 0 Å². The van der Waals surface area contributed by atoms with E-state index in [1.54, 1.807) is 31.6 Å². The van der Waals surface area contributed by atoms with Gasteiger partial charge in [0.1, 0.15) is 17.1 Å². The summed E-state index contributed by atoms with van der Waals surface area (Å²) in [7, 11) is 3.25. The van der Waals surface area contributed by atoms with Crippen molar-refractivity contribution >= 4 is 22.3 Å². The van der Waals surface area contributed by atoms with E-state index < -0.39 is 0 Å². The third-order valence-electron chi connectivity index (χ3n) is 4.20. The third-order valence-corrected chi connectivity index (χ3v) is 5.35. The molecule has 130 valence electrons. The lowest BCUT2D eigenvalue weighted by atomic mass is 10.1. The largest absolute Gasteiger partial charge is 0.497 e. The lowest BCUT2D eigenvalue weighted by Gasteiger charge is -2.06. The van der Waals surface area contributed by atoms with Gasteiger partial charge in [-0.25, -0.2) is 4.79 Å². The number of fused-ring (bicyclic) bond motifs is 1. The molecule has 2 heterocycles. The molecule has 0 bridgehead atoms. The third kappa shape index (κ3) is 2.86. The van der Waals surface area contributed by atoms with Crippen LogP contribution in [-0.2, 0) is 0 Å². The van der Waals surface area contributed by atoms with E-state index in [1.807, 2.05) is 48.5 Å². The zero-order chi connectivity index (χ0) is 18.1. The van der Waals surface area contributed by atoms with Crippen LogP contribution in [0.4, 0.5) is 0 Å². The standard InChI is InChI=1S/C21H16O4S/c1-23-13-7-8-14-16(12-21(22)25-18(14)11-13)20-10-9-19(26-20)15-5-3-4-6-17(15)24-2/h3-12H,1-2H3. The van der Waals surface area contributed by atoms with Gasteiger partial charge in [-0.1, -0.05) is 12.1 Å². The summed E-state index contributed by atoms with van der Waals surface area (Å²) in [6, 6.07) is 19.0. The van der Waals surface area contributed by atoms with Crippen molar-refractivity contribution in [1.82, 2.24) is 0 Å². The van der Waals surface area contributed by atoms with Crippen LogP contribution in [0.1, 0.15) is 0 Å². The Bertz CT molecular complexity index is 1140. The van der Waals surface area contributed by atoms with Crippen LogP contribution < -0.4 is 15.1 Å². The normalized spacial score (nSPS) is 10.8. The van der Waals surface area contributed by atoms with Crippen molar-refractivity contribution in [2.24, 2.45) is 0 Å². The Morgan fingerprint density at radius 3 is 2.38 bits per heavy atom. The molecule has 5 heteroatoms. The first-order valence-corrected chi connectivity index (χ1v) is 8.87. The zero-order valence-corrected chi connectivity index (χ0v) is 15.1. The summed E-state index contributed by atoms with van der Waals surface area (Å²) in [6.07, 6.45) is 0. The highest BCUT2D eigenvalue weighted by Crippen LogP contribution is 2.40. The van der Waals surface area contributed by atoms with Crippen LogP contribution in [0.5, 0.6) is 11.5 Å². The fraction of sp³-hybridized carbons (Fsp3) is 0.0952. The summed E-state index contributed by atoms with van der Waals surface area (Å²) in [5.74, 6) is 1.47. The van der Waals surface area contributed by atoms with Crippen molar-refractivity contribution in [3.05, 3.63) is 71.1 Å². The Kier molecular flexibility index (Phi) is 4.22. The fourth-order valence-corrected chi connectivity index (χ4v) is 4.02. The molecular formula is C21H16O4S. The molecule has 4 aromatic rings. The van der Waals surface area contributed by atoms with Crippen LogP contribution in [0.25, 0.3) is 31.9 Å². The molecule has 2 aromatic heterocycles. The molecule has 26 heavy (non-hydrogen) atoms. The van der Waals surface area contributed by atoms with Gasteiger partial charge in [-0.15, -0.1) is 11.3 Å². The lowest BCUT2D eigenvalue weighted by molar-refractivity contribution is 0.414. The minimum atomic E-state index is -0.381. The van der Waals surface area contributed by atoms with Crippen molar-refractivity contribution < 1.29 is 13.9 Å². The minimum Gasteiger partial charge on any atom is -0.497 e. The average Bonchev–Trinajstić information content (AvgIpc) is 3.16. The van der Waals surface area contributed by atoms with Crippen molar-refractivity contribution in [3.63, 3.8) is 0 Å². The molecule has 0 saturated heterocycles. The monoisotopic (exact) mass is 364 g/mol. The number of thiophene rings is 1. The topological polar surface area (TPSA) is 48.7 Å². The Balaban J connectivity index is 1.87. The Labute approximate surface area is 154 Å². The molecular weight excluding hydrogens is 348 g/mol. The lowest BCUT2D eigenvalue weighted by Crippen LogP contribution is -1.97. The van der Waals surface area contributed by atoms with Gasteiger partial charge in [0.25, 0.3) is 0 Å². The summed E-state index contributed by atoms with van der Waals surface area (Å²) in [5, 5.41) is 0.874. The van der Waals surface area contributed by atoms with Gasteiger partial charge in [-0.3, -0.25) is 0 Å². The highest BCUT2D eigenvalue weighted by Gasteiger charge is 2.13. The average molecular weight is 364 g/mol. The van der Waals surface area contributed by atoms with E-state index in [4.69, 9.17) is 13.9 Å². The van der Waals surface area contributed by atoms with Gasteiger partial charge in [0.2, 0.25) is 0 Å². The van der Waals surface area contributed by atoms with Gasteiger partial charge < -0.3 is 13.9 Å². The molecule has 0 spiro atoms. The van der Waals surface area contributed by atoms with Gasteiger partial charge >= 0.3 is 5.63 Å². The number of benzene rings is 2. The van der Waals surface area contributed by atoms with E-state index in [2.05, 4.69) is 0 Å². The maximum absolute atomic E-state index is 12.0. The molecule has 0 fully saturated rings. The van der Waals surface area contributed by atoms with Gasteiger partial charge in [0.05, 0.1) is 14.2 Å². The smallest absolute Gasteiger partial charge is 0.336 e. The maximum atomic E-state index is 12.0. The van der Waals surface area contributed by atoms with Crippen LogP contribution in [0.3, 0.4) is 0 Å². The molecule has 0 atom stereocenters. The summed E-state index contributed by atoms with van der Waals surface area (Å²) in [6.45, 7) is 0. The van der Waals surface area contributed by atoms with Crippen molar-refractivity contribution in [2.75, 3.05) is 14.2 Å². The van der Waals surface area contributed by atoms with Crippen molar-refractivity contribution in [2.45, 2.75) is 0 Å². The van der Waals surface area contributed by atoms with E-state index in [0.717, 1.165) is 32.0 Å². The Hall–Kier alpha value is -3.05. The number of para-hydroxylation sites is 1. The van der Waals surface area contributed by atoms with Crippen molar-refractivity contribution in [1.29, 1.82) is 0 Å². The fourth-order valence-electron chi connectivity index (χ4n) is 2.95. The number of rotatable bonds is 4. The zero-order valence-electron chi connectivity index (χ0n) is 14.3. The maximum Gasteiger partial charge on any atom is 0.336 e. The van der Waals surface area contributed by atoms with Crippen molar-refractivity contribution in [3.8, 4) is 32.4 Å². The molecule has 0 aliphatic rings. The number of methoxy groups -OCH3 is 2. The van der Waals surface area contributed by atoms with Crippen LogP contribution in [0.15, 0.2) is 69.9 Å². The van der Waals surface area contributed by atoms with Crippen LogP contribution >= 0.6 is 11.3 Å². The van der Waals surface area contributed by atoms with Crippen LogP contribution in [-0.4, -0.2) is 14.2 Å². The molecule has 4 nitrogen and oxygen atoms in total. The van der Waals surface area contributed by atoms with E-state index in [-0.39, 0.29) is 5.63 Å². The van der Waals surface area contributed by atoms with E-state index in [1.165, 1.54) is 6.07 Å². The second kappa shape index (κ2) is 6.69. The Morgan fingerprint density at radius 1 is 0.846 bits per heavy atom. The first-order chi connectivity index (χ1) is 12.7. The van der Waals surface area contributed by atoms with E-state index in [9.17, 15) is 4.79 Å². The Morgan fingerprint density at radius 2 is 1.62 bits per heavy atom. The molecule has 0 saturated carbocycles. The molecule has 0 unspecified atom stereocenters. The first kappa shape index (κ1) is 16.4. The molecule has 0 aliphatic heterocycles. The summed E-state index contributed by atoms with van der Waals surface area (Å²) >= 11 is 1.61. The minimum absolute atomic E-state index is 0.381. The number of hydrogen-bond acceptors (Lipinski definition) is 5. The molecule has 0 radical (unpaired) electrons.